The van der Waals surface area contributed by atoms with Gasteiger partial charge in [-0.25, -0.2) is 8.78 Å². The van der Waals surface area contributed by atoms with E-state index in [1.165, 1.54) is 6.07 Å². The Morgan fingerprint density at radius 2 is 1.73 bits per heavy atom. The molecule has 1 saturated carbocycles. The first kappa shape index (κ1) is 15.7. The van der Waals surface area contributed by atoms with Crippen LogP contribution in [0.4, 0.5) is 8.78 Å². The van der Waals surface area contributed by atoms with Crippen molar-refractivity contribution in [2.24, 2.45) is 5.92 Å². The Bertz CT molecular complexity index is 569. The molecular weight excluding hydrogens is 289 g/mol. The van der Waals surface area contributed by atoms with E-state index < -0.39 is 30.0 Å². The summed E-state index contributed by atoms with van der Waals surface area (Å²) in [6, 6.07) is 2.52. The van der Waals surface area contributed by atoms with Gasteiger partial charge in [0, 0.05) is 0 Å². The summed E-state index contributed by atoms with van der Waals surface area (Å²) < 4.78 is 45.4. The van der Waals surface area contributed by atoms with E-state index in [1.54, 1.807) is 0 Å². The molecule has 0 atom stereocenters. The largest absolute Gasteiger partial charge is 0.501 e. The zero-order valence-electron chi connectivity index (χ0n) is 13.4. The van der Waals surface area contributed by atoms with Crippen molar-refractivity contribution in [2.45, 2.75) is 51.7 Å². The molecule has 0 aromatic heterocycles. The van der Waals surface area contributed by atoms with Crippen LogP contribution in [0.1, 0.15) is 40.5 Å². The Morgan fingerprint density at radius 1 is 1.14 bits per heavy atom. The first-order valence-corrected chi connectivity index (χ1v) is 7.67. The monoisotopic (exact) mass is 310 g/mol. The number of rotatable bonds is 4. The van der Waals surface area contributed by atoms with Crippen molar-refractivity contribution in [3.05, 3.63) is 23.8 Å². The molecular formula is C16H21BF2O3. The molecule has 0 bridgehead atoms. The molecule has 2 fully saturated rings. The number of hydrogen-bond donors (Lipinski definition) is 0. The molecule has 1 aliphatic carbocycles. The van der Waals surface area contributed by atoms with E-state index in [1.807, 2.05) is 27.7 Å². The number of benzene rings is 1. The number of ether oxygens (including phenoxy) is 1. The van der Waals surface area contributed by atoms with Gasteiger partial charge in [-0.05, 0) is 58.6 Å². The van der Waals surface area contributed by atoms with E-state index in [-0.39, 0.29) is 5.46 Å². The molecule has 3 nitrogen and oxygen atoms in total. The van der Waals surface area contributed by atoms with E-state index in [0.29, 0.717) is 18.3 Å². The molecule has 1 aromatic rings. The summed E-state index contributed by atoms with van der Waals surface area (Å²) in [5.74, 6) is -1.08. The highest BCUT2D eigenvalue weighted by Crippen LogP contribution is 2.38. The van der Waals surface area contributed by atoms with Crippen LogP contribution in [-0.4, -0.2) is 24.9 Å². The molecule has 1 aromatic carbocycles. The fourth-order valence-electron chi connectivity index (χ4n) is 2.35. The summed E-state index contributed by atoms with van der Waals surface area (Å²) in [4.78, 5) is 0. The molecule has 2 aliphatic rings. The van der Waals surface area contributed by atoms with Crippen molar-refractivity contribution < 1.29 is 22.8 Å². The zero-order valence-corrected chi connectivity index (χ0v) is 13.4. The van der Waals surface area contributed by atoms with E-state index >= 15 is 0 Å². The zero-order chi connectivity index (χ0) is 16.1. The minimum absolute atomic E-state index is 0.0132. The summed E-state index contributed by atoms with van der Waals surface area (Å²) in [5.41, 5.74) is -1.23. The maximum absolute atomic E-state index is 14.3. The molecule has 3 rings (SSSR count). The van der Waals surface area contributed by atoms with Crippen molar-refractivity contribution in [1.82, 2.24) is 0 Å². The molecule has 120 valence electrons. The van der Waals surface area contributed by atoms with Gasteiger partial charge in [0.05, 0.1) is 23.3 Å². The van der Waals surface area contributed by atoms with Gasteiger partial charge in [-0.15, -0.1) is 0 Å². The van der Waals surface area contributed by atoms with E-state index in [4.69, 9.17) is 14.0 Å². The quantitative estimate of drug-likeness (QED) is 0.800. The third kappa shape index (κ3) is 2.74. The van der Waals surface area contributed by atoms with Crippen molar-refractivity contribution in [2.75, 3.05) is 6.61 Å². The average Bonchev–Trinajstić information content (AvgIpc) is 3.19. The predicted molar refractivity (Wildman–Crippen MR) is 80.3 cm³/mol. The smallest absolute Gasteiger partial charge is 0.494 e. The molecule has 22 heavy (non-hydrogen) atoms. The second-order valence-electron chi connectivity index (χ2n) is 7.12. The van der Waals surface area contributed by atoms with Gasteiger partial charge in [-0.1, -0.05) is 0 Å². The maximum Gasteiger partial charge on any atom is 0.501 e. The Labute approximate surface area is 130 Å². The third-order valence-corrected chi connectivity index (χ3v) is 4.75. The lowest BCUT2D eigenvalue weighted by molar-refractivity contribution is 0.00578. The van der Waals surface area contributed by atoms with Crippen LogP contribution in [-0.2, 0) is 9.31 Å². The summed E-state index contributed by atoms with van der Waals surface area (Å²) in [5, 5.41) is 0. The summed E-state index contributed by atoms with van der Waals surface area (Å²) >= 11 is 0. The number of hydrogen-bond acceptors (Lipinski definition) is 3. The Hall–Kier alpha value is -1.14. The minimum Gasteiger partial charge on any atom is -0.494 e. The van der Waals surface area contributed by atoms with Crippen molar-refractivity contribution in [1.29, 1.82) is 0 Å². The van der Waals surface area contributed by atoms with Gasteiger partial charge in [-0.3, -0.25) is 0 Å². The highest BCUT2D eigenvalue weighted by Gasteiger charge is 2.53. The van der Waals surface area contributed by atoms with Crippen LogP contribution in [0.2, 0.25) is 0 Å². The first-order chi connectivity index (χ1) is 10.2. The second kappa shape index (κ2) is 5.20. The number of halogens is 2. The Balaban J connectivity index is 1.92. The lowest BCUT2D eigenvalue weighted by Gasteiger charge is -2.32. The SMILES string of the molecule is CC1(C)OB(c2c(OCC3CC3)ccc(F)c2F)OC1(C)C. The summed E-state index contributed by atoms with van der Waals surface area (Å²) in [7, 11) is -0.977. The van der Waals surface area contributed by atoms with Gasteiger partial charge in [0.15, 0.2) is 11.6 Å². The first-order valence-electron chi connectivity index (χ1n) is 7.67. The normalized spacial score (nSPS) is 22.9. The van der Waals surface area contributed by atoms with Crippen LogP contribution in [0.5, 0.6) is 5.75 Å². The molecule has 1 heterocycles. The topological polar surface area (TPSA) is 27.7 Å². The van der Waals surface area contributed by atoms with Gasteiger partial charge < -0.3 is 14.0 Å². The maximum atomic E-state index is 14.3. The highest BCUT2D eigenvalue weighted by molar-refractivity contribution is 6.63. The van der Waals surface area contributed by atoms with Gasteiger partial charge in [0.1, 0.15) is 5.75 Å². The van der Waals surface area contributed by atoms with Crippen LogP contribution >= 0.6 is 0 Å². The fourth-order valence-corrected chi connectivity index (χ4v) is 2.35. The van der Waals surface area contributed by atoms with Gasteiger partial charge in [0.25, 0.3) is 0 Å². The molecule has 0 radical (unpaired) electrons. The molecule has 0 N–H and O–H groups in total. The van der Waals surface area contributed by atoms with Crippen LogP contribution in [0.25, 0.3) is 0 Å². The molecule has 6 heteroatoms. The average molecular weight is 310 g/mol. The fraction of sp³-hybridized carbons (Fsp3) is 0.625. The molecule has 1 aliphatic heterocycles. The second-order valence-corrected chi connectivity index (χ2v) is 7.12. The van der Waals surface area contributed by atoms with Gasteiger partial charge in [-0.2, -0.15) is 0 Å². The van der Waals surface area contributed by atoms with Crippen LogP contribution in [0.15, 0.2) is 12.1 Å². The van der Waals surface area contributed by atoms with Crippen molar-refractivity contribution in [3.8, 4) is 5.75 Å². The molecule has 0 unspecified atom stereocenters. The third-order valence-electron chi connectivity index (χ3n) is 4.75. The summed E-state index contributed by atoms with van der Waals surface area (Å²) in [6.07, 6.45) is 2.24. The standard InChI is InChI=1S/C16H21BF2O3/c1-15(2)16(3,4)22-17(21-15)13-12(20-9-10-5-6-10)8-7-11(18)14(13)19/h7-8,10H,5-6,9H2,1-4H3. The van der Waals surface area contributed by atoms with E-state index in [2.05, 4.69) is 0 Å². The van der Waals surface area contributed by atoms with E-state index in [0.717, 1.165) is 18.9 Å². The van der Waals surface area contributed by atoms with Crippen LogP contribution in [0.3, 0.4) is 0 Å². The Kier molecular flexibility index (Phi) is 3.72. The summed E-state index contributed by atoms with van der Waals surface area (Å²) in [6.45, 7) is 7.99. The van der Waals surface area contributed by atoms with Crippen LogP contribution in [0, 0.1) is 17.6 Å². The highest BCUT2D eigenvalue weighted by atomic mass is 19.2. The van der Waals surface area contributed by atoms with Crippen molar-refractivity contribution >= 4 is 12.6 Å². The minimum atomic E-state index is -0.977. The Morgan fingerprint density at radius 3 is 2.27 bits per heavy atom. The predicted octanol–water partition coefficient (Wildman–Crippen LogP) is 3.05. The lowest BCUT2D eigenvalue weighted by Crippen LogP contribution is -2.41. The van der Waals surface area contributed by atoms with Crippen molar-refractivity contribution in [3.63, 3.8) is 0 Å². The molecule has 1 saturated heterocycles. The van der Waals surface area contributed by atoms with E-state index in [9.17, 15) is 8.78 Å². The molecule has 0 spiro atoms. The van der Waals surface area contributed by atoms with Gasteiger partial charge in [0.2, 0.25) is 0 Å². The van der Waals surface area contributed by atoms with Crippen LogP contribution < -0.4 is 10.2 Å². The molecule has 0 amide bonds. The lowest BCUT2D eigenvalue weighted by atomic mass is 9.77. The van der Waals surface area contributed by atoms with Gasteiger partial charge >= 0.3 is 7.12 Å².